The van der Waals surface area contributed by atoms with Crippen molar-refractivity contribution in [1.82, 2.24) is 10.0 Å². The van der Waals surface area contributed by atoms with Gasteiger partial charge >= 0.3 is 6.16 Å². The van der Waals surface area contributed by atoms with Crippen LogP contribution in [0.2, 0.25) is 0 Å². The zero-order valence-corrected chi connectivity index (χ0v) is 15.2. The average molecular weight is 418 g/mol. The fraction of sp³-hybridized carbons (Fsp3) is 0.417. The first-order valence-corrected chi connectivity index (χ1v) is 8.38. The van der Waals surface area contributed by atoms with Gasteiger partial charge in [0.05, 0.1) is 4.90 Å². The first-order valence-electron chi connectivity index (χ1n) is 6.11. The molecule has 0 aromatic heterocycles. The fourth-order valence-corrected chi connectivity index (χ4v) is 3.73. The summed E-state index contributed by atoms with van der Waals surface area (Å²) in [4.78, 5) is 10.5. The summed E-state index contributed by atoms with van der Waals surface area (Å²) in [6.07, 6.45) is -2.33. The molecule has 7 nitrogen and oxygen atoms in total. The molecule has 0 saturated carbocycles. The zero-order valence-electron chi connectivity index (χ0n) is 11.9. The third kappa shape index (κ3) is 6.93. The van der Waals surface area contributed by atoms with Crippen molar-refractivity contribution in [2.24, 2.45) is 0 Å². The van der Waals surface area contributed by atoms with Crippen LogP contribution in [-0.4, -0.2) is 38.5 Å². The lowest BCUT2D eigenvalue weighted by atomic mass is 10.4. The Bertz CT molecular complexity index is 597. The van der Waals surface area contributed by atoms with Gasteiger partial charge in [-0.2, -0.15) is 4.72 Å². The normalized spacial score (nSPS) is 12.5. The SMILES string of the molecule is CC(C)NC(COC(=O)O)NS(=O)(=O)c1ccccc1Br.Cl. The van der Waals surface area contributed by atoms with E-state index < -0.39 is 22.3 Å². The lowest BCUT2D eigenvalue weighted by Crippen LogP contribution is -2.51. The van der Waals surface area contributed by atoms with E-state index >= 15 is 0 Å². The fourth-order valence-electron chi connectivity index (χ4n) is 1.59. The summed E-state index contributed by atoms with van der Waals surface area (Å²) in [6, 6.07) is 6.28. The van der Waals surface area contributed by atoms with Crippen LogP contribution in [0.3, 0.4) is 0 Å². The summed E-state index contributed by atoms with van der Waals surface area (Å²) in [5, 5.41) is 11.4. The molecule has 0 fully saturated rings. The van der Waals surface area contributed by atoms with Crippen LogP contribution in [0, 0.1) is 0 Å². The van der Waals surface area contributed by atoms with Crippen molar-refractivity contribution in [2.75, 3.05) is 6.61 Å². The van der Waals surface area contributed by atoms with Crippen molar-refractivity contribution >= 4 is 44.5 Å². The van der Waals surface area contributed by atoms with Gasteiger partial charge in [-0.3, -0.25) is 5.32 Å². The number of rotatable bonds is 7. The number of nitrogens with one attached hydrogen (secondary N) is 2. The quantitative estimate of drug-likeness (QED) is 0.464. The van der Waals surface area contributed by atoms with E-state index in [0.717, 1.165) is 0 Å². The van der Waals surface area contributed by atoms with Crippen molar-refractivity contribution in [3.05, 3.63) is 28.7 Å². The monoisotopic (exact) mass is 416 g/mol. The Morgan fingerprint density at radius 3 is 2.45 bits per heavy atom. The summed E-state index contributed by atoms with van der Waals surface area (Å²) in [6.45, 7) is 3.28. The minimum absolute atomic E-state index is 0. The molecule has 126 valence electrons. The number of sulfonamides is 1. The molecule has 22 heavy (non-hydrogen) atoms. The summed E-state index contributed by atoms with van der Waals surface area (Å²) in [5.74, 6) is 0. The van der Waals surface area contributed by atoms with Gasteiger partial charge < -0.3 is 9.84 Å². The molecule has 0 heterocycles. The maximum atomic E-state index is 12.3. The van der Waals surface area contributed by atoms with Crippen molar-refractivity contribution in [1.29, 1.82) is 0 Å². The molecule has 1 rings (SSSR count). The van der Waals surface area contributed by atoms with Crippen LogP contribution >= 0.6 is 28.3 Å². The van der Waals surface area contributed by atoms with Crippen LogP contribution in [0.25, 0.3) is 0 Å². The topological polar surface area (TPSA) is 105 Å². The maximum absolute atomic E-state index is 12.3. The molecular formula is C12H18BrClN2O5S. The van der Waals surface area contributed by atoms with Gasteiger partial charge in [0.2, 0.25) is 10.0 Å². The van der Waals surface area contributed by atoms with Crippen LogP contribution in [0.5, 0.6) is 0 Å². The Kier molecular flexibility index (Phi) is 8.94. The second-order valence-corrected chi connectivity index (χ2v) is 7.04. The first-order chi connectivity index (χ1) is 9.72. The predicted molar refractivity (Wildman–Crippen MR) is 87.7 cm³/mol. The van der Waals surface area contributed by atoms with E-state index in [1.807, 2.05) is 0 Å². The highest BCUT2D eigenvalue weighted by atomic mass is 79.9. The molecule has 3 N–H and O–H groups in total. The molecule has 0 saturated heterocycles. The number of carboxylic acid groups (broad SMARTS) is 1. The number of hydrogen-bond acceptors (Lipinski definition) is 5. The van der Waals surface area contributed by atoms with Crippen LogP contribution in [0.1, 0.15) is 13.8 Å². The number of carbonyl (C=O) groups is 1. The summed E-state index contributed by atoms with van der Waals surface area (Å²) >= 11 is 3.17. The Labute approximate surface area is 144 Å². The molecule has 1 aromatic rings. The van der Waals surface area contributed by atoms with Crippen molar-refractivity contribution in [2.45, 2.75) is 31.0 Å². The molecule has 0 bridgehead atoms. The summed E-state index contributed by atoms with van der Waals surface area (Å²) < 4.78 is 31.8. The van der Waals surface area contributed by atoms with Crippen LogP contribution in [-0.2, 0) is 14.8 Å². The molecular weight excluding hydrogens is 400 g/mol. The van der Waals surface area contributed by atoms with Crippen molar-refractivity contribution < 1.29 is 23.1 Å². The molecule has 0 aliphatic carbocycles. The predicted octanol–water partition coefficient (Wildman–Crippen LogP) is 2.17. The highest BCUT2D eigenvalue weighted by molar-refractivity contribution is 9.10. The molecule has 1 aromatic carbocycles. The molecule has 1 unspecified atom stereocenters. The average Bonchev–Trinajstić information content (AvgIpc) is 2.35. The molecule has 0 spiro atoms. The van der Waals surface area contributed by atoms with Gasteiger partial charge in [-0.15, -0.1) is 12.4 Å². The highest BCUT2D eigenvalue weighted by Crippen LogP contribution is 2.21. The number of halogens is 2. The molecule has 0 aliphatic rings. The summed E-state index contributed by atoms with van der Waals surface area (Å²) in [7, 11) is -3.82. The van der Waals surface area contributed by atoms with Crippen LogP contribution in [0.4, 0.5) is 4.79 Å². The third-order valence-corrected chi connectivity index (χ3v) is 4.82. The van der Waals surface area contributed by atoms with E-state index in [2.05, 4.69) is 30.7 Å². The standard InChI is InChI=1S/C12H17BrN2O5S.ClH/c1-8(2)14-11(7-20-12(16)17)15-21(18,19)10-6-4-3-5-9(10)13;/h3-6,8,11,14-15H,7H2,1-2H3,(H,16,17);1H. The minimum Gasteiger partial charge on any atom is -0.450 e. The van der Waals surface area contributed by atoms with E-state index in [0.29, 0.717) is 4.47 Å². The van der Waals surface area contributed by atoms with Gasteiger partial charge in [-0.05, 0) is 41.9 Å². The van der Waals surface area contributed by atoms with Gasteiger partial charge in [-0.1, -0.05) is 12.1 Å². The van der Waals surface area contributed by atoms with E-state index in [4.69, 9.17) is 5.11 Å². The Morgan fingerprint density at radius 2 is 1.95 bits per heavy atom. The minimum atomic E-state index is -3.82. The smallest absolute Gasteiger partial charge is 0.450 e. The molecule has 0 amide bonds. The van der Waals surface area contributed by atoms with Gasteiger partial charge in [0, 0.05) is 10.5 Å². The van der Waals surface area contributed by atoms with Crippen LogP contribution in [0.15, 0.2) is 33.6 Å². The van der Waals surface area contributed by atoms with Gasteiger partial charge in [-0.25, -0.2) is 13.2 Å². The van der Waals surface area contributed by atoms with Gasteiger partial charge in [0.15, 0.2) is 0 Å². The van der Waals surface area contributed by atoms with Crippen molar-refractivity contribution in [3.63, 3.8) is 0 Å². The Morgan fingerprint density at radius 1 is 1.36 bits per heavy atom. The van der Waals surface area contributed by atoms with Gasteiger partial charge in [0.25, 0.3) is 0 Å². The molecule has 0 aliphatic heterocycles. The highest BCUT2D eigenvalue weighted by Gasteiger charge is 2.23. The lowest BCUT2D eigenvalue weighted by Gasteiger charge is -2.22. The largest absolute Gasteiger partial charge is 0.505 e. The second kappa shape index (κ2) is 9.31. The number of ether oxygens (including phenoxy) is 1. The summed E-state index contributed by atoms with van der Waals surface area (Å²) in [5.41, 5.74) is 0. The lowest BCUT2D eigenvalue weighted by molar-refractivity contribution is 0.0798. The zero-order chi connectivity index (χ0) is 16.0. The number of benzene rings is 1. The Balaban J connectivity index is 0.00000441. The molecule has 10 heteroatoms. The number of hydrogen-bond donors (Lipinski definition) is 3. The van der Waals surface area contributed by atoms with E-state index in [1.54, 1.807) is 32.0 Å². The van der Waals surface area contributed by atoms with Crippen LogP contribution < -0.4 is 10.0 Å². The third-order valence-electron chi connectivity index (χ3n) is 2.33. The Hall–Kier alpha value is -0.870. The van der Waals surface area contributed by atoms with E-state index in [9.17, 15) is 13.2 Å². The first kappa shape index (κ1) is 21.1. The van der Waals surface area contributed by atoms with Gasteiger partial charge in [0.1, 0.15) is 12.8 Å². The maximum Gasteiger partial charge on any atom is 0.505 e. The van der Waals surface area contributed by atoms with E-state index in [1.165, 1.54) is 6.07 Å². The molecule has 1 atom stereocenters. The van der Waals surface area contributed by atoms with E-state index in [-0.39, 0.29) is 30.0 Å². The second-order valence-electron chi connectivity index (χ2n) is 4.50. The molecule has 0 radical (unpaired) electrons. The van der Waals surface area contributed by atoms with Crippen molar-refractivity contribution in [3.8, 4) is 0 Å².